The molecular weight excluding hydrogens is 216 g/mol. The molecule has 0 amide bonds. The van der Waals surface area contributed by atoms with Gasteiger partial charge in [0.05, 0.1) is 12.3 Å². The van der Waals surface area contributed by atoms with Crippen LogP contribution in [-0.4, -0.2) is 44.4 Å². The summed E-state index contributed by atoms with van der Waals surface area (Å²) in [6, 6.07) is 5.81. The van der Waals surface area contributed by atoms with Gasteiger partial charge in [-0.15, -0.1) is 0 Å². The van der Waals surface area contributed by atoms with Crippen molar-refractivity contribution in [2.75, 3.05) is 39.1 Å². The molecule has 1 atom stereocenters. The highest BCUT2D eigenvalue weighted by Crippen LogP contribution is 2.22. The van der Waals surface area contributed by atoms with Crippen molar-refractivity contribution in [3.63, 3.8) is 0 Å². The lowest BCUT2D eigenvalue weighted by atomic mass is 10.2. The molecule has 1 aliphatic rings. The van der Waals surface area contributed by atoms with Crippen LogP contribution >= 0.6 is 0 Å². The van der Waals surface area contributed by atoms with Gasteiger partial charge in [-0.3, -0.25) is 0 Å². The summed E-state index contributed by atoms with van der Waals surface area (Å²) in [5, 5.41) is 0. The number of benzene rings is 1. The van der Waals surface area contributed by atoms with Crippen molar-refractivity contribution in [1.29, 1.82) is 0 Å². The van der Waals surface area contributed by atoms with E-state index in [0.717, 1.165) is 31.0 Å². The van der Waals surface area contributed by atoms with Gasteiger partial charge in [-0.25, -0.2) is 0 Å². The van der Waals surface area contributed by atoms with Crippen molar-refractivity contribution in [3.05, 3.63) is 23.8 Å². The standard InChI is InChI=1S/C13H20N2O2/c1-10-3-4-12(14)13(7-10)17-9-11-8-15(2)5-6-16-11/h3-4,7,11H,5-6,8-9,14H2,1-2H3. The number of ether oxygens (including phenoxy) is 2. The Hall–Kier alpha value is -1.26. The molecule has 94 valence electrons. The Bertz CT molecular complexity index is 382. The van der Waals surface area contributed by atoms with E-state index < -0.39 is 0 Å². The molecule has 2 rings (SSSR count). The summed E-state index contributed by atoms with van der Waals surface area (Å²) >= 11 is 0. The van der Waals surface area contributed by atoms with Crippen molar-refractivity contribution >= 4 is 5.69 Å². The monoisotopic (exact) mass is 236 g/mol. The molecule has 2 N–H and O–H groups in total. The molecule has 0 bridgehead atoms. The molecule has 1 heterocycles. The van der Waals surface area contributed by atoms with Gasteiger partial charge in [-0.05, 0) is 31.7 Å². The molecule has 1 aliphatic heterocycles. The zero-order valence-electron chi connectivity index (χ0n) is 10.5. The second-order valence-electron chi connectivity index (χ2n) is 4.61. The van der Waals surface area contributed by atoms with Crippen LogP contribution in [0.25, 0.3) is 0 Å². The van der Waals surface area contributed by atoms with Crippen LogP contribution in [0.15, 0.2) is 18.2 Å². The Labute approximate surface area is 102 Å². The second kappa shape index (κ2) is 5.38. The van der Waals surface area contributed by atoms with E-state index in [1.807, 2.05) is 25.1 Å². The largest absolute Gasteiger partial charge is 0.489 e. The van der Waals surface area contributed by atoms with Gasteiger partial charge < -0.3 is 20.1 Å². The van der Waals surface area contributed by atoms with E-state index in [4.69, 9.17) is 15.2 Å². The molecule has 1 aromatic carbocycles. The first-order valence-corrected chi connectivity index (χ1v) is 5.94. The van der Waals surface area contributed by atoms with Crippen LogP contribution < -0.4 is 10.5 Å². The summed E-state index contributed by atoms with van der Waals surface area (Å²) in [5.74, 6) is 0.752. The van der Waals surface area contributed by atoms with Crippen LogP contribution in [0.5, 0.6) is 5.75 Å². The highest BCUT2D eigenvalue weighted by atomic mass is 16.5. The molecule has 1 unspecified atom stereocenters. The zero-order valence-corrected chi connectivity index (χ0v) is 10.5. The number of likely N-dealkylation sites (N-methyl/N-ethyl adjacent to an activating group) is 1. The molecule has 0 saturated carbocycles. The van der Waals surface area contributed by atoms with E-state index in [1.54, 1.807) is 0 Å². The predicted molar refractivity (Wildman–Crippen MR) is 68.3 cm³/mol. The molecular formula is C13H20N2O2. The van der Waals surface area contributed by atoms with E-state index in [2.05, 4.69) is 11.9 Å². The number of anilines is 1. The van der Waals surface area contributed by atoms with Crippen molar-refractivity contribution in [3.8, 4) is 5.75 Å². The Kier molecular flexibility index (Phi) is 3.86. The average Bonchev–Trinajstić information content (AvgIpc) is 2.30. The highest BCUT2D eigenvalue weighted by molar-refractivity contribution is 5.53. The predicted octanol–water partition coefficient (Wildman–Crippen LogP) is 1.29. The van der Waals surface area contributed by atoms with Gasteiger partial charge in [0.15, 0.2) is 0 Å². The van der Waals surface area contributed by atoms with Crippen LogP contribution in [0.3, 0.4) is 0 Å². The smallest absolute Gasteiger partial charge is 0.142 e. The number of morpholine rings is 1. The number of nitrogen functional groups attached to an aromatic ring is 1. The van der Waals surface area contributed by atoms with E-state index in [-0.39, 0.29) is 6.10 Å². The normalized spacial score (nSPS) is 21.4. The molecule has 0 radical (unpaired) electrons. The average molecular weight is 236 g/mol. The van der Waals surface area contributed by atoms with Gasteiger partial charge in [-0.2, -0.15) is 0 Å². The SMILES string of the molecule is Cc1ccc(N)c(OCC2CN(C)CCO2)c1. The molecule has 1 aromatic rings. The fourth-order valence-corrected chi connectivity index (χ4v) is 1.92. The van der Waals surface area contributed by atoms with Gasteiger partial charge in [0, 0.05) is 13.1 Å². The van der Waals surface area contributed by atoms with Gasteiger partial charge >= 0.3 is 0 Å². The summed E-state index contributed by atoms with van der Waals surface area (Å²) in [5.41, 5.74) is 7.69. The number of hydrogen-bond donors (Lipinski definition) is 1. The first kappa shape index (κ1) is 12.2. The van der Waals surface area contributed by atoms with Gasteiger partial charge in [0.2, 0.25) is 0 Å². The minimum absolute atomic E-state index is 0.133. The second-order valence-corrected chi connectivity index (χ2v) is 4.61. The minimum Gasteiger partial charge on any atom is -0.489 e. The fourth-order valence-electron chi connectivity index (χ4n) is 1.92. The zero-order chi connectivity index (χ0) is 12.3. The van der Waals surface area contributed by atoms with Crippen molar-refractivity contribution < 1.29 is 9.47 Å². The molecule has 0 spiro atoms. The third-order valence-corrected chi connectivity index (χ3v) is 2.94. The molecule has 1 fully saturated rings. The van der Waals surface area contributed by atoms with Crippen LogP contribution in [0.4, 0.5) is 5.69 Å². The summed E-state index contributed by atoms with van der Waals surface area (Å²) < 4.78 is 11.4. The van der Waals surface area contributed by atoms with Crippen molar-refractivity contribution in [1.82, 2.24) is 4.90 Å². The Morgan fingerprint density at radius 2 is 2.35 bits per heavy atom. The third kappa shape index (κ3) is 3.35. The number of rotatable bonds is 3. The number of aryl methyl sites for hydroxylation is 1. The fraction of sp³-hybridized carbons (Fsp3) is 0.538. The van der Waals surface area contributed by atoms with Gasteiger partial charge in [0.1, 0.15) is 18.5 Å². The van der Waals surface area contributed by atoms with Crippen molar-refractivity contribution in [2.45, 2.75) is 13.0 Å². The number of nitrogens with zero attached hydrogens (tertiary/aromatic N) is 1. The lowest BCUT2D eigenvalue weighted by Crippen LogP contribution is -2.42. The quantitative estimate of drug-likeness (QED) is 0.803. The molecule has 0 aromatic heterocycles. The van der Waals surface area contributed by atoms with Crippen LogP contribution in [0.2, 0.25) is 0 Å². The van der Waals surface area contributed by atoms with Crippen LogP contribution in [-0.2, 0) is 4.74 Å². The first-order valence-electron chi connectivity index (χ1n) is 5.94. The Morgan fingerprint density at radius 1 is 1.53 bits per heavy atom. The lowest BCUT2D eigenvalue weighted by molar-refractivity contribution is -0.0402. The van der Waals surface area contributed by atoms with Gasteiger partial charge in [0.25, 0.3) is 0 Å². The molecule has 4 nitrogen and oxygen atoms in total. The van der Waals surface area contributed by atoms with E-state index in [9.17, 15) is 0 Å². The van der Waals surface area contributed by atoms with E-state index >= 15 is 0 Å². The Morgan fingerprint density at radius 3 is 3.12 bits per heavy atom. The summed E-state index contributed by atoms with van der Waals surface area (Å²) in [6.07, 6.45) is 0.133. The summed E-state index contributed by atoms with van der Waals surface area (Å²) in [6.45, 7) is 5.25. The first-order chi connectivity index (χ1) is 8.15. The summed E-state index contributed by atoms with van der Waals surface area (Å²) in [7, 11) is 2.09. The Balaban J connectivity index is 1.90. The lowest BCUT2D eigenvalue weighted by Gasteiger charge is -2.29. The van der Waals surface area contributed by atoms with Crippen LogP contribution in [0, 0.1) is 6.92 Å². The summed E-state index contributed by atoms with van der Waals surface area (Å²) in [4.78, 5) is 2.25. The molecule has 0 aliphatic carbocycles. The number of hydrogen-bond acceptors (Lipinski definition) is 4. The van der Waals surface area contributed by atoms with Crippen LogP contribution in [0.1, 0.15) is 5.56 Å². The maximum Gasteiger partial charge on any atom is 0.142 e. The third-order valence-electron chi connectivity index (χ3n) is 2.94. The number of nitrogens with two attached hydrogens (primary N) is 1. The van der Waals surface area contributed by atoms with Gasteiger partial charge in [-0.1, -0.05) is 6.07 Å². The maximum atomic E-state index is 5.86. The van der Waals surface area contributed by atoms with E-state index in [1.165, 1.54) is 0 Å². The maximum absolute atomic E-state index is 5.86. The highest BCUT2D eigenvalue weighted by Gasteiger charge is 2.18. The van der Waals surface area contributed by atoms with E-state index in [0.29, 0.717) is 12.3 Å². The molecule has 4 heteroatoms. The molecule has 1 saturated heterocycles. The topological polar surface area (TPSA) is 47.7 Å². The van der Waals surface area contributed by atoms with Crippen molar-refractivity contribution in [2.24, 2.45) is 0 Å². The minimum atomic E-state index is 0.133. The molecule has 17 heavy (non-hydrogen) atoms.